The molecule has 0 saturated heterocycles. The molecule has 0 spiro atoms. The van der Waals surface area contributed by atoms with E-state index in [1.54, 1.807) is 18.2 Å². The summed E-state index contributed by atoms with van der Waals surface area (Å²) in [4.78, 5) is 3.08. The van der Waals surface area contributed by atoms with Crippen molar-refractivity contribution >= 4 is 46.0 Å². The Hall–Kier alpha value is -1.43. The summed E-state index contributed by atoms with van der Waals surface area (Å²) in [6, 6.07) is 9.92. The Morgan fingerprint density at radius 3 is 2.62 bits per heavy atom. The predicted molar refractivity (Wildman–Crippen MR) is 92.6 cm³/mol. The van der Waals surface area contributed by atoms with Crippen LogP contribution in [0.25, 0.3) is 0 Å². The largest absolute Gasteiger partial charge is 0.340 e. The highest BCUT2D eigenvalue weighted by molar-refractivity contribution is 7.80. The Balaban J connectivity index is 2.04. The summed E-state index contributed by atoms with van der Waals surface area (Å²) in [7, 11) is 0. The second-order valence-electron chi connectivity index (χ2n) is 4.31. The molecule has 0 aliphatic carbocycles. The minimum Gasteiger partial charge on any atom is -0.340 e. The Morgan fingerprint density at radius 1 is 1.33 bits per heavy atom. The third kappa shape index (κ3) is 4.81. The molecule has 0 amide bonds. The highest BCUT2D eigenvalue weighted by Crippen LogP contribution is 2.23. The summed E-state index contributed by atoms with van der Waals surface area (Å²) in [6.45, 7) is 5.01. The third-order valence-electron chi connectivity index (χ3n) is 2.71. The van der Waals surface area contributed by atoms with Gasteiger partial charge < -0.3 is 10.2 Å². The lowest BCUT2D eigenvalue weighted by atomic mass is 10.3. The van der Waals surface area contributed by atoms with Crippen LogP contribution in [0.15, 0.2) is 49.1 Å². The predicted octanol–water partition coefficient (Wildman–Crippen LogP) is 4.93. The number of benzene rings is 1. The van der Waals surface area contributed by atoms with Gasteiger partial charge in [-0.15, -0.1) is 17.9 Å². The maximum absolute atomic E-state index is 12.9. The molecular formula is C15H14ClFN2S2. The van der Waals surface area contributed by atoms with Gasteiger partial charge >= 0.3 is 0 Å². The zero-order valence-electron chi connectivity index (χ0n) is 11.2. The van der Waals surface area contributed by atoms with Crippen LogP contribution in [0.3, 0.4) is 0 Å². The monoisotopic (exact) mass is 340 g/mol. The average Bonchev–Trinajstić information content (AvgIpc) is 2.86. The smallest absolute Gasteiger partial charge is 0.174 e. The highest BCUT2D eigenvalue weighted by atomic mass is 35.5. The van der Waals surface area contributed by atoms with Crippen molar-refractivity contribution in [2.75, 3.05) is 11.9 Å². The third-order valence-corrected chi connectivity index (χ3v) is 4.28. The minimum atomic E-state index is -0.275. The molecular weight excluding hydrogens is 327 g/mol. The molecule has 1 N–H and O–H groups in total. The van der Waals surface area contributed by atoms with Crippen molar-refractivity contribution in [1.82, 2.24) is 4.90 Å². The summed E-state index contributed by atoms with van der Waals surface area (Å²) < 4.78 is 13.6. The first-order chi connectivity index (χ1) is 10.1. The first-order valence-corrected chi connectivity index (χ1v) is 7.85. The summed E-state index contributed by atoms with van der Waals surface area (Å²) in [6.07, 6.45) is 1.79. The van der Waals surface area contributed by atoms with Crippen molar-refractivity contribution in [2.24, 2.45) is 0 Å². The van der Waals surface area contributed by atoms with Crippen LogP contribution in [0.2, 0.25) is 4.34 Å². The number of anilines is 1. The molecule has 1 heterocycles. The van der Waals surface area contributed by atoms with Crippen LogP contribution in [-0.2, 0) is 6.54 Å². The van der Waals surface area contributed by atoms with Gasteiger partial charge in [0, 0.05) is 17.1 Å². The second kappa shape index (κ2) is 7.54. The summed E-state index contributed by atoms with van der Waals surface area (Å²) in [5, 5.41) is 3.66. The number of nitrogens with zero attached hydrogens (tertiary/aromatic N) is 1. The van der Waals surface area contributed by atoms with Crippen molar-refractivity contribution < 1.29 is 4.39 Å². The number of halogens is 2. The maximum Gasteiger partial charge on any atom is 0.174 e. The SMILES string of the molecule is C=CCN(Cc1ccc(Cl)s1)C(=S)Nc1ccc(F)cc1. The van der Waals surface area contributed by atoms with E-state index in [1.165, 1.54) is 23.5 Å². The first-order valence-electron chi connectivity index (χ1n) is 6.25. The zero-order chi connectivity index (χ0) is 15.2. The normalized spacial score (nSPS) is 10.2. The molecule has 2 rings (SSSR count). The van der Waals surface area contributed by atoms with Crippen LogP contribution in [0.4, 0.5) is 10.1 Å². The molecule has 1 aromatic heterocycles. The van der Waals surface area contributed by atoms with E-state index in [-0.39, 0.29) is 5.82 Å². The van der Waals surface area contributed by atoms with E-state index in [0.29, 0.717) is 18.2 Å². The van der Waals surface area contributed by atoms with E-state index >= 15 is 0 Å². The molecule has 0 saturated carbocycles. The van der Waals surface area contributed by atoms with Crippen LogP contribution < -0.4 is 5.32 Å². The average molecular weight is 341 g/mol. The number of hydrogen-bond acceptors (Lipinski definition) is 2. The second-order valence-corrected chi connectivity index (χ2v) is 6.50. The van der Waals surface area contributed by atoms with E-state index in [4.69, 9.17) is 23.8 Å². The van der Waals surface area contributed by atoms with Gasteiger partial charge in [0.25, 0.3) is 0 Å². The topological polar surface area (TPSA) is 15.3 Å². The van der Waals surface area contributed by atoms with Gasteiger partial charge in [-0.3, -0.25) is 0 Å². The van der Waals surface area contributed by atoms with Crippen LogP contribution in [0.1, 0.15) is 4.88 Å². The Morgan fingerprint density at radius 2 is 2.05 bits per heavy atom. The van der Waals surface area contributed by atoms with Gasteiger partial charge in [-0.05, 0) is 48.6 Å². The van der Waals surface area contributed by atoms with Gasteiger partial charge in [0.1, 0.15) is 5.82 Å². The Bertz CT molecular complexity index is 625. The summed E-state index contributed by atoms with van der Waals surface area (Å²) in [5.41, 5.74) is 0.750. The molecule has 2 aromatic rings. The fourth-order valence-electron chi connectivity index (χ4n) is 1.74. The maximum atomic E-state index is 12.9. The number of thiophene rings is 1. The minimum absolute atomic E-state index is 0.275. The lowest BCUT2D eigenvalue weighted by Gasteiger charge is -2.24. The molecule has 2 nitrogen and oxygen atoms in total. The van der Waals surface area contributed by atoms with Gasteiger partial charge in [0.15, 0.2) is 5.11 Å². The van der Waals surface area contributed by atoms with Gasteiger partial charge in [-0.25, -0.2) is 4.39 Å². The van der Waals surface area contributed by atoms with Crippen molar-refractivity contribution in [3.63, 3.8) is 0 Å². The number of rotatable bonds is 5. The first kappa shape index (κ1) is 15.9. The fraction of sp³-hybridized carbons (Fsp3) is 0.133. The molecule has 0 radical (unpaired) electrons. The summed E-state index contributed by atoms with van der Waals surface area (Å²) >= 11 is 12.9. The van der Waals surface area contributed by atoms with Crippen molar-refractivity contribution in [3.8, 4) is 0 Å². The van der Waals surface area contributed by atoms with Gasteiger partial charge in [-0.1, -0.05) is 17.7 Å². The fourth-order valence-corrected chi connectivity index (χ4v) is 3.10. The molecule has 0 fully saturated rings. The molecule has 0 aliphatic rings. The van der Waals surface area contributed by atoms with Crippen LogP contribution in [0.5, 0.6) is 0 Å². The van der Waals surface area contributed by atoms with Crippen molar-refractivity contribution in [2.45, 2.75) is 6.54 Å². The van der Waals surface area contributed by atoms with Crippen molar-refractivity contribution in [3.05, 3.63) is 64.1 Å². The van der Waals surface area contributed by atoms with Crippen LogP contribution in [-0.4, -0.2) is 16.6 Å². The van der Waals surface area contributed by atoms with E-state index in [0.717, 1.165) is 14.9 Å². The van der Waals surface area contributed by atoms with Gasteiger partial charge in [0.2, 0.25) is 0 Å². The van der Waals surface area contributed by atoms with Gasteiger partial charge in [0.05, 0.1) is 10.9 Å². The zero-order valence-corrected chi connectivity index (χ0v) is 13.6. The van der Waals surface area contributed by atoms with Crippen molar-refractivity contribution in [1.29, 1.82) is 0 Å². The van der Waals surface area contributed by atoms with E-state index in [1.807, 2.05) is 17.0 Å². The molecule has 0 aliphatic heterocycles. The molecule has 6 heteroatoms. The molecule has 0 atom stereocenters. The van der Waals surface area contributed by atoms with Crippen LogP contribution in [0, 0.1) is 5.82 Å². The quantitative estimate of drug-likeness (QED) is 0.614. The Kier molecular flexibility index (Phi) is 5.73. The van der Waals surface area contributed by atoms with E-state index in [9.17, 15) is 4.39 Å². The molecule has 0 bridgehead atoms. The molecule has 1 aromatic carbocycles. The standard InChI is InChI=1S/C15H14ClFN2S2/c1-2-9-19(10-13-7-8-14(16)21-13)15(20)18-12-5-3-11(17)4-6-12/h2-8H,1,9-10H2,(H,18,20). The summed E-state index contributed by atoms with van der Waals surface area (Å²) in [5.74, 6) is -0.275. The highest BCUT2D eigenvalue weighted by Gasteiger charge is 2.10. The van der Waals surface area contributed by atoms with E-state index in [2.05, 4.69) is 11.9 Å². The molecule has 110 valence electrons. The number of hydrogen-bond donors (Lipinski definition) is 1. The molecule has 0 unspecified atom stereocenters. The van der Waals surface area contributed by atoms with Crippen LogP contribution >= 0.6 is 35.2 Å². The number of nitrogens with one attached hydrogen (secondary N) is 1. The molecule has 21 heavy (non-hydrogen) atoms. The van der Waals surface area contributed by atoms with Gasteiger partial charge in [-0.2, -0.15) is 0 Å². The lowest BCUT2D eigenvalue weighted by molar-refractivity contribution is 0.468. The Labute approximate surface area is 137 Å². The number of thiocarbonyl (C=S) groups is 1. The lowest BCUT2D eigenvalue weighted by Crippen LogP contribution is -2.34. The van der Waals surface area contributed by atoms with E-state index < -0.39 is 0 Å².